The molecule has 0 amide bonds. The van der Waals surface area contributed by atoms with Crippen LogP contribution in [0.2, 0.25) is 0 Å². The second-order valence-corrected chi connectivity index (χ2v) is 11.4. The average molecular weight is 614 g/mol. The van der Waals surface area contributed by atoms with E-state index in [4.69, 9.17) is 0 Å². The third kappa shape index (κ3) is 6.59. The van der Waals surface area contributed by atoms with Gasteiger partial charge in [-0.1, -0.05) is 73.2 Å². The van der Waals surface area contributed by atoms with Crippen LogP contribution in [0.4, 0.5) is 0 Å². The van der Waals surface area contributed by atoms with Gasteiger partial charge >= 0.3 is 99.2 Å². The predicted octanol–water partition coefficient (Wildman–Crippen LogP) is 10.5. The van der Waals surface area contributed by atoms with E-state index in [-0.39, 0.29) is 0 Å². The van der Waals surface area contributed by atoms with E-state index in [9.17, 15) is 0 Å². The molecule has 0 saturated carbocycles. The summed E-state index contributed by atoms with van der Waals surface area (Å²) in [6, 6.07) is 55.4. The summed E-state index contributed by atoms with van der Waals surface area (Å²) >= 11 is 1.46. The van der Waals surface area contributed by atoms with Gasteiger partial charge in [-0.2, -0.15) is 17.7 Å². The van der Waals surface area contributed by atoms with E-state index in [0.29, 0.717) is 0 Å². The Kier molecular flexibility index (Phi) is 8.99. The number of rotatable bonds is 3. The molecule has 7 aromatic rings. The van der Waals surface area contributed by atoms with Crippen LogP contribution >= 0.6 is 0 Å². The van der Waals surface area contributed by atoms with Gasteiger partial charge in [0.05, 0.1) is 0 Å². The molecule has 0 nitrogen and oxygen atoms in total. The number of fused-ring (bicyclic) bond motifs is 4. The Morgan fingerprint density at radius 3 is 1.64 bits per heavy atom. The first-order valence-corrected chi connectivity index (χ1v) is 15.5. The standard InChI is InChI=1S/C15H11.C13H9.C13H10.Zr/c1-2-6-12(5-1)15-10-9-13-7-3-4-8-14(13)11-15;1-3-7-12-10(5-1)9-11-6-2-4-8-13(11)12;1-3-7-12(8-4-1)11-13-9-5-2-6-10-13;/h1,3-5,7-11H,2H2;1-9H;1-10H;/q2*-1;;+2. The summed E-state index contributed by atoms with van der Waals surface area (Å²) in [5, 5.41) is 7.98. The van der Waals surface area contributed by atoms with Crippen LogP contribution in [-0.2, 0) is 24.2 Å². The van der Waals surface area contributed by atoms with Crippen LogP contribution in [-0.4, -0.2) is 3.21 Å². The number of hydrogen-bond donors (Lipinski definition) is 0. The van der Waals surface area contributed by atoms with Crippen molar-refractivity contribution < 1.29 is 24.2 Å². The molecule has 198 valence electrons. The summed E-state index contributed by atoms with van der Waals surface area (Å²) in [6.45, 7) is 0. The van der Waals surface area contributed by atoms with Crippen LogP contribution < -0.4 is 0 Å². The maximum Gasteiger partial charge on any atom is -0.0771 e. The van der Waals surface area contributed by atoms with Crippen molar-refractivity contribution in [3.05, 3.63) is 193 Å². The maximum absolute atomic E-state index is 3.34. The van der Waals surface area contributed by atoms with Crippen LogP contribution in [0, 0.1) is 6.08 Å². The van der Waals surface area contributed by atoms with Crippen molar-refractivity contribution in [1.29, 1.82) is 0 Å². The van der Waals surface area contributed by atoms with Gasteiger partial charge in [0.25, 0.3) is 0 Å². The molecule has 0 aromatic heterocycles. The van der Waals surface area contributed by atoms with Crippen molar-refractivity contribution in [3.63, 3.8) is 0 Å². The van der Waals surface area contributed by atoms with Crippen LogP contribution in [0.15, 0.2) is 170 Å². The quantitative estimate of drug-likeness (QED) is 0.174. The van der Waals surface area contributed by atoms with Gasteiger partial charge in [-0.25, -0.2) is 0 Å². The van der Waals surface area contributed by atoms with Crippen LogP contribution in [0.3, 0.4) is 0 Å². The fourth-order valence-electron chi connectivity index (χ4n) is 5.24. The Labute approximate surface area is 263 Å². The molecule has 0 fully saturated rings. The molecule has 0 saturated heterocycles. The molecule has 1 aliphatic carbocycles. The molecule has 0 radical (unpaired) electrons. The van der Waals surface area contributed by atoms with E-state index in [0.717, 1.165) is 6.42 Å². The van der Waals surface area contributed by atoms with Crippen molar-refractivity contribution in [1.82, 2.24) is 0 Å². The van der Waals surface area contributed by atoms with Gasteiger partial charge in [0, 0.05) is 0 Å². The van der Waals surface area contributed by atoms with Crippen molar-refractivity contribution in [2.45, 2.75) is 6.42 Å². The van der Waals surface area contributed by atoms with Crippen LogP contribution in [0.1, 0.15) is 23.1 Å². The van der Waals surface area contributed by atoms with Gasteiger partial charge in [-0.05, 0) is 10.8 Å². The molecule has 1 heteroatoms. The monoisotopic (exact) mass is 612 g/mol. The van der Waals surface area contributed by atoms with Crippen LogP contribution in [0.25, 0.3) is 37.9 Å². The molecule has 8 rings (SSSR count). The second-order valence-electron chi connectivity index (χ2n) is 10.2. The first-order valence-electron chi connectivity index (χ1n) is 14.3. The van der Waals surface area contributed by atoms with Crippen molar-refractivity contribution in [3.8, 4) is 0 Å². The normalized spacial score (nSPS) is 11.9. The zero-order chi connectivity index (χ0) is 28.6. The minimum atomic E-state index is 0.947. The summed E-state index contributed by atoms with van der Waals surface area (Å²) in [4.78, 5) is 0. The molecule has 0 spiro atoms. The van der Waals surface area contributed by atoms with E-state index < -0.39 is 0 Å². The smallest absolute Gasteiger partial charge is 0.0771 e. The summed E-state index contributed by atoms with van der Waals surface area (Å²) < 4.78 is 1.42. The zero-order valence-electron chi connectivity index (χ0n) is 23.4. The summed E-state index contributed by atoms with van der Waals surface area (Å²) in [5.74, 6) is 0. The zero-order valence-corrected chi connectivity index (χ0v) is 25.8. The SMILES string of the molecule is [C-]1=C(c2ccc3ccccc3c2)C=CC1.[Zr+2]=[C](c1ccccc1)c1ccccc1.c1ccc2c(c1)[cH-]c1ccccc12. The topological polar surface area (TPSA) is 0 Å². The van der Waals surface area contributed by atoms with E-state index >= 15 is 0 Å². The molecule has 1 aliphatic rings. The Morgan fingerprint density at radius 2 is 1.07 bits per heavy atom. The largest absolute Gasteiger partial charge is 0.126 e. The first kappa shape index (κ1) is 27.8. The van der Waals surface area contributed by atoms with Gasteiger partial charge in [0.2, 0.25) is 0 Å². The van der Waals surface area contributed by atoms with Crippen molar-refractivity contribution in [2.24, 2.45) is 0 Å². The second kappa shape index (κ2) is 13.6. The average Bonchev–Trinajstić information content (AvgIpc) is 3.75. The Balaban J connectivity index is 0.000000113. The molecule has 0 bridgehead atoms. The molecule has 0 atom stereocenters. The van der Waals surface area contributed by atoms with E-state index in [2.05, 4.69) is 176 Å². The maximum atomic E-state index is 3.34. The van der Waals surface area contributed by atoms with Crippen molar-refractivity contribution in [2.75, 3.05) is 0 Å². The van der Waals surface area contributed by atoms with E-state index in [1.807, 2.05) is 0 Å². The number of hydrogen-bond acceptors (Lipinski definition) is 0. The van der Waals surface area contributed by atoms with Gasteiger partial charge in [0.15, 0.2) is 0 Å². The Bertz CT molecular complexity index is 1920. The molecule has 0 N–H and O–H groups in total. The number of benzene rings is 6. The molecule has 0 heterocycles. The Hall–Kier alpha value is -4.32. The fraction of sp³-hybridized carbons (Fsp3) is 0.0244. The summed E-state index contributed by atoms with van der Waals surface area (Å²) in [6.07, 6.45) is 8.58. The van der Waals surface area contributed by atoms with Gasteiger partial charge in [0.1, 0.15) is 0 Å². The van der Waals surface area contributed by atoms with Crippen molar-refractivity contribution >= 4 is 41.1 Å². The first-order chi connectivity index (χ1) is 20.8. The minimum Gasteiger partial charge on any atom is -0.126 e. The summed E-state index contributed by atoms with van der Waals surface area (Å²) in [5.41, 5.74) is 5.15. The molecule has 0 unspecified atom stereocenters. The molecule has 7 aromatic carbocycles. The molecular weight excluding hydrogens is 584 g/mol. The predicted molar refractivity (Wildman–Crippen MR) is 177 cm³/mol. The summed E-state index contributed by atoms with van der Waals surface area (Å²) in [7, 11) is 0. The van der Waals surface area contributed by atoms with E-state index in [1.165, 1.54) is 82.0 Å². The fourth-order valence-corrected chi connectivity index (χ4v) is 6.06. The van der Waals surface area contributed by atoms with Gasteiger partial charge in [-0.15, -0.1) is 63.5 Å². The third-order valence-electron chi connectivity index (χ3n) is 7.40. The molecule has 42 heavy (non-hydrogen) atoms. The third-order valence-corrected chi connectivity index (χ3v) is 8.82. The van der Waals surface area contributed by atoms with Gasteiger partial charge in [-0.3, -0.25) is 0 Å². The molecular formula is C41H30Zr. The molecule has 0 aliphatic heterocycles. The van der Waals surface area contributed by atoms with E-state index in [1.54, 1.807) is 0 Å². The number of allylic oxidation sites excluding steroid dienone is 4. The van der Waals surface area contributed by atoms with Gasteiger partial charge < -0.3 is 0 Å². The Morgan fingerprint density at radius 1 is 0.548 bits per heavy atom. The van der Waals surface area contributed by atoms with Crippen LogP contribution in [0.5, 0.6) is 0 Å². The minimum absolute atomic E-state index is 0.947.